The number of aromatic nitrogens is 1. The predicted molar refractivity (Wildman–Crippen MR) is 129 cm³/mol. The fraction of sp³-hybridized carbons (Fsp3) is 0.280. The lowest BCUT2D eigenvalue weighted by atomic mass is 10.1. The Bertz CT molecular complexity index is 1380. The first-order valence-electron chi connectivity index (χ1n) is 10.6. The van der Waals surface area contributed by atoms with Gasteiger partial charge in [0.15, 0.2) is 0 Å². The summed E-state index contributed by atoms with van der Waals surface area (Å²) in [4.78, 5) is 31.0. The van der Waals surface area contributed by atoms with Gasteiger partial charge in [-0.2, -0.15) is 0 Å². The maximum absolute atomic E-state index is 13.3. The van der Waals surface area contributed by atoms with Gasteiger partial charge in [-0.05, 0) is 43.2 Å². The van der Waals surface area contributed by atoms with Crippen molar-refractivity contribution in [2.75, 3.05) is 31.1 Å². The standard InChI is InChI=1S/C25H25N3O2S/c1-16-8-9-17(2)21(14-16)27-10-12-28(13-11-27)25(30)22-15-19-23(31-22)18-6-4-5-7-20(18)26(3)24(19)29/h4-9,14-15H,10-13H2,1-3H3. The van der Waals surface area contributed by atoms with Crippen molar-refractivity contribution in [1.29, 1.82) is 0 Å². The minimum atomic E-state index is -0.0521. The third-order valence-corrected chi connectivity index (χ3v) is 7.42. The number of carbonyl (C=O) groups is 1. The lowest BCUT2D eigenvalue weighted by molar-refractivity contribution is 0.0751. The molecule has 4 aromatic rings. The molecule has 1 aliphatic rings. The average Bonchev–Trinajstić information content (AvgIpc) is 3.25. The van der Waals surface area contributed by atoms with Crippen molar-refractivity contribution in [3.8, 4) is 0 Å². The number of piperazine rings is 1. The fourth-order valence-corrected chi connectivity index (χ4v) is 5.62. The van der Waals surface area contributed by atoms with Crippen molar-refractivity contribution < 1.29 is 4.79 Å². The van der Waals surface area contributed by atoms with E-state index in [1.165, 1.54) is 28.2 Å². The number of nitrogens with zero attached hydrogens (tertiary/aromatic N) is 3. The molecule has 0 spiro atoms. The minimum Gasteiger partial charge on any atom is -0.368 e. The molecule has 158 valence electrons. The highest BCUT2D eigenvalue weighted by Crippen LogP contribution is 2.31. The van der Waals surface area contributed by atoms with Gasteiger partial charge in [0.2, 0.25) is 0 Å². The van der Waals surface area contributed by atoms with Crippen molar-refractivity contribution in [3.05, 3.63) is 74.9 Å². The molecule has 5 nitrogen and oxygen atoms in total. The SMILES string of the molecule is Cc1ccc(C)c(N2CCN(C(=O)c3cc4c(=O)n(C)c5ccccc5c4s3)CC2)c1. The predicted octanol–water partition coefficient (Wildman–Crippen LogP) is 4.33. The Morgan fingerprint density at radius 2 is 1.68 bits per heavy atom. The zero-order chi connectivity index (χ0) is 21.7. The number of rotatable bonds is 2. The molecule has 6 heteroatoms. The molecule has 3 heterocycles. The topological polar surface area (TPSA) is 45.6 Å². The summed E-state index contributed by atoms with van der Waals surface area (Å²) in [5.41, 5.74) is 4.60. The molecule has 1 saturated heterocycles. The summed E-state index contributed by atoms with van der Waals surface area (Å²) in [5, 5.41) is 1.65. The number of carbonyl (C=O) groups excluding carboxylic acids is 1. The summed E-state index contributed by atoms with van der Waals surface area (Å²) in [7, 11) is 1.79. The monoisotopic (exact) mass is 431 g/mol. The van der Waals surface area contributed by atoms with Crippen LogP contribution in [-0.2, 0) is 7.05 Å². The van der Waals surface area contributed by atoms with E-state index in [0.717, 1.165) is 28.7 Å². The van der Waals surface area contributed by atoms with E-state index < -0.39 is 0 Å². The van der Waals surface area contributed by atoms with E-state index in [4.69, 9.17) is 0 Å². The summed E-state index contributed by atoms with van der Waals surface area (Å²) in [6, 6.07) is 16.2. The van der Waals surface area contributed by atoms with Crippen LogP contribution in [0.15, 0.2) is 53.3 Å². The van der Waals surface area contributed by atoms with Crippen LogP contribution in [0.4, 0.5) is 5.69 Å². The van der Waals surface area contributed by atoms with Crippen LogP contribution < -0.4 is 10.5 Å². The fourth-order valence-electron chi connectivity index (χ4n) is 4.47. The molecule has 5 rings (SSSR count). The Hall–Kier alpha value is -3.12. The number of anilines is 1. The number of thiophene rings is 1. The van der Waals surface area contributed by atoms with Crippen LogP contribution in [0.25, 0.3) is 21.0 Å². The normalized spacial score (nSPS) is 14.5. The summed E-state index contributed by atoms with van der Waals surface area (Å²) >= 11 is 1.43. The van der Waals surface area contributed by atoms with E-state index in [2.05, 4.69) is 36.9 Å². The molecule has 1 amide bonds. The first kappa shape index (κ1) is 19.8. The van der Waals surface area contributed by atoms with E-state index in [1.54, 1.807) is 17.7 Å². The molecule has 31 heavy (non-hydrogen) atoms. The van der Waals surface area contributed by atoms with Crippen LogP contribution >= 0.6 is 11.3 Å². The molecule has 0 N–H and O–H groups in total. The first-order chi connectivity index (χ1) is 14.9. The molecule has 1 aliphatic heterocycles. The molecular weight excluding hydrogens is 406 g/mol. The van der Waals surface area contributed by atoms with Crippen LogP contribution in [-0.4, -0.2) is 41.6 Å². The van der Waals surface area contributed by atoms with Crippen LogP contribution in [0.2, 0.25) is 0 Å². The molecule has 0 bridgehead atoms. The van der Waals surface area contributed by atoms with Crippen molar-refractivity contribution >= 4 is 43.9 Å². The Labute approximate surface area is 185 Å². The van der Waals surface area contributed by atoms with Crippen LogP contribution in [0, 0.1) is 13.8 Å². The van der Waals surface area contributed by atoms with E-state index in [9.17, 15) is 9.59 Å². The van der Waals surface area contributed by atoms with Gasteiger partial charge in [0.05, 0.1) is 15.8 Å². The highest BCUT2D eigenvalue weighted by atomic mass is 32.1. The lowest BCUT2D eigenvalue weighted by Crippen LogP contribution is -2.48. The summed E-state index contributed by atoms with van der Waals surface area (Å²) in [6.07, 6.45) is 0. The minimum absolute atomic E-state index is 0.0212. The van der Waals surface area contributed by atoms with Gasteiger partial charge in [-0.1, -0.05) is 30.3 Å². The molecule has 2 aromatic carbocycles. The van der Waals surface area contributed by atoms with E-state index in [-0.39, 0.29) is 11.5 Å². The van der Waals surface area contributed by atoms with Crippen molar-refractivity contribution in [1.82, 2.24) is 9.47 Å². The molecule has 0 atom stereocenters. The Morgan fingerprint density at radius 1 is 0.935 bits per heavy atom. The number of amides is 1. The third kappa shape index (κ3) is 3.31. The van der Waals surface area contributed by atoms with Crippen molar-refractivity contribution in [2.24, 2.45) is 7.05 Å². The quantitative estimate of drug-likeness (QED) is 0.475. The molecule has 0 saturated carbocycles. The number of para-hydroxylation sites is 1. The number of aryl methyl sites for hydroxylation is 3. The molecule has 2 aromatic heterocycles. The number of benzene rings is 2. The Morgan fingerprint density at radius 3 is 2.45 bits per heavy atom. The van der Waals surface area contributed by atoms with Crippen molar-refractivity contribution in [3.63, 3.8) is 0 Å². The van der Waals surface area contributed by atoms with Gasteiger partial charge >= 0.3 is 0 Å². The second kappa shape index (κ2) is 7.54. The van der Waals surface area contributed by atoms with Crippen LogP contribution in [0.5, 0.6) is 0 Å². The van der Waals surface area contributed by atoms with Crippen LogP contribution in [0.3, 0.4) is 0 Å². The number of hydrogen-bond acceptors (Lipinski definition) is 4. The molecule has 0 aliphatic carbocycles. The van der Waals surface area contributed by atoms with E-state index >= 15 is 0 Å². The Kier molecular flexibility index (Phi) is 4.82. The average molecular weight is 432 g/mol. The van der Waals surface area contributed by atoms with Gasteiger partial charge < -0.3 is 14.4 Å². The van der Waals surface area contributed by atoms with Gasteiger partial charge in [0.25, 0.3) is 11.5 Å². The van der Waals surface area contributed by atoms with Gasteiger partial charge in [-0.25, -0.2) is 0 Å². The highest BCUT2D eigenvalue weighted by Gasteiger charge is 2.25. The van der Waals surface area contributed by atoms with Crippen LogP contribution in [0.1, 0.15) is 20.8 Å². The van der Waals surface area contributed by atoms with Gasteiger partial charge in [-0.15, -0.1) is 11.3 Å². The maximum Gasteiger partial charge on any atom is 0.264 e. The molecular formula is C25H25N3O2S. The van der Waals surface area contributed by atoms with Gasteiger partial charge in [0, 0.05) is 49.0 Å². The molecule has 0 radical (unpaired) electrons. The third-order valence-electron chi connectivity index (χ3n) is 6.26. The lowest BCUT2D eigenvalue weighted by Gasteiger charge is -2.36. The second-order valence-electron chi connectivity index (χ2n) is 8.30. The van der Waals surface area contributed by atoms with E-state index in [0.29, 0.717) is 23.4 Å². The molecule has 0 unspecified atom stereocenters. The second-order valence-corrected chi connectivity index (χ2v) is 9.36. The van der Waals surface area contributed by atoms with Gasteiger partial charge in [-0.3, -0.25) is 9.59 Å². The molecule has 1 fully saturated rings. The number of fused-ring (bicyclic) bond motifs is 3. The zero-order valence-electron chi connectivity index (χ0n) is 18.0. The summed E-state index contributed by atoms with van der Waals surface area (Å²) in [5.74, 6) is 0.0212. The Balaban J connectivity index is 1.42. The van der Waals surface area contributed by atoms with E-state index in [1.807, 2.05) is 29.2 Å². The summed E-state index contributed by atoms with van der Waals surface area (Å²) in [6.45, 7) is 7.22. The smallest absolute Gasteiger partial charge is 0.264 e. The zero-order valence-corrected chi connectivity index (χ0v) is 18.8. The largest absolute Gasteiger partial charge is 0.368 e. The first-order valence-corrected chi connectivity index (χ1v) is 11.4. The van der Waals surface area contributed by atoms with Crippen molar-refractivity contribution in [2.45, 2.75) is 13.8 Å². The highest BCUT2D eigenvalue weighted by molar-refractivity contribution is 7.21. The summed E-state index contributed by atoms with van der Waals surface area (Å²) < 4.78 is 2.57. The van der Waals surface area contributed by atoms with Gasteiger partial charge in [0.1, 0.15) is 0 Å². The maximum atomic E-state index is 13.3. The number of hydrogen-bond donors (Lipinski definition) is 0. The number of pyridine rings is 1.